The molecule has 5 nitrogen and oxygen atoms in total. The first-order chi connectivity index (χ1) is 8.74. The van der Waals surface area contributed by atoms with Crippen molar-refractivity contribution in [1.29, 1.82) is 0 Å². The fourth-order valence-electron chi connectivity index (χ4n) is 2.04. The standard InChI is InChI=1S/C13H18N2O3.ClH/c1-17-11-4-3-10(7-12(11)18-2)15-13(16)9-5-6-14-8-9;/h3-4,7,9,14H,5-6,8H2,1-2H3,(H,15,16);1H. The number of anilines is 1. The summed E-state index contributed by atoms with van der Waals surface area (Å²) in [6.45, 7) is 1.66. The molecule has 1 aliphatic heterocycles. The SMILES string of the molecule is COc1ccc(NC(=O)C2CCNC2)cc1OC.Cl. The number of hydrogen-bond acceptors (Lipinski definition) is 4. The van der Waals surface area contributed by atoms with E-state index in [4.69, 9.17) is 9.47 Å². The lowest BCUT2D eigenvalue weighted by Gasteiger charge is -2.12. The average Bonchev–Trinajstić information content (AvgIpc) is 2.92. The van der Waals surface area contributed by atoms with E-state index in [0.29, 0.717) is 11.5 Å². The van der Waals surface area contributed by atoms with Crippen LogP contribution in [0.25, 0.3) is 0 Å². The van der Waals surface area contributed by atoms with E-state index in [2.05, 4.69) is 10.6 Å². The van der Waals surface area contributed by atoms with Crippen molar-refractivity contribution in [2.24, 2.45) is 5.92 Å². The second-order valence-corrected chi connectivity index (χ2v) is 4.25. The van der Waals surface area contributed by atoms with Crippen molar-refractivity contribution < 1.29 is 14.3 Å². The Balaban J connectivity index is 0.00000180. The van der Waals surface area contributed by atoms with Crippen LogP contribution in [-0.2, 0) is 4.79 Å². The second kappa shape index (κ2) is 7.21. The van der Waals surface area contributed by atoms with Crippen molar-refractivity contribution in [3.63, 3.8) is 0 Å². The van der Waals surface area contributed by atoms with Crippen LogP contribution in [0.5, 0.6) is 11.5 Å². The zero-order chi connectivity index (χ0) is 13.0. The van der Waals surface area contributed by atoms with E-state index in [1.54, 1.807) is 26.4 Å². The molecule has 1 aromatic carbocycles. The van der Waals surface area contributed by atoms with Gasteiger partial charge < -0.3 is 20.1 Å². The lowest BCUT2D eigenvalue weighted by Crippen LogP contribution is -2.24. The number of carbonyl (C=O) groups excluding carboxylic acids is 1. The number of hydrogen-bond donors (Lipinski definition) is 2. The van der Waals surface area contributed by atoms with Crippen molar-refractivity contribution in [1.82, 2.24) is 5.32 Å². The summed E-state index contributed by atoms with van der Waals surface area (Å²) >= 11 is 0. The van der Waals surface area contributed by atoms with Gasteiger partial charge >= 0.3 is 0 Å². The number of methoxy groups -OCH3 is 2. The van der Waals surface area contributed by atoms with E-state index in [1.807, 2.05) is 6.07 Å². The van der Waals surface area contributed by atoms with Crippen molar-refractivity contribution in [3.05, 3.63) is 18.2 Å². The molecule has 2 rings (SSSR count). The molecule has 1 heterocycles. The minimum atomic E-state index is 0. The summed E-state index contributed by atoms with van der Waals surface area (Å²) in [4.78, 5) is 11.9. The Bertz CT molecular complexity index is 434. The number of benzene rings is 1. The van der Waals surface area contributed by atoms with Crippen LogP contribution in [0, 0.1) is 5.92 Å². The van der Waals surface area contributed by atoms with E-state index >= 15 is 0 Å². The topological polar surface area (TPSA) is 59.6 Å². The maximum absolute atomic E-state index is 11.9. The summed E-state index contributed by atoms with van der Waals surface area (Å²) in [7, 11) is 3.16. The quantitative estimate of drug-likeness (QED) is 0.884. The third kappa shape index (κ3) is 3.75. The molecule has 1 atom stereocenters. The van der Waals surface area contributed by atoms with E-state index in [1.165, 1.54) is 0 Å². The van der Waals surface area contributed by atoms with E-state index in [-0.39, 0.29) is 24.2 Å². The first-order valence-electron chi connectivity index (χ1n) is 5.98. The van der Waals surface area contributed by atoms with Gasteiger partial charge in [-0.3, -0.25) is 4.79 Å². The molecule has 6 heteroatoms. The van der Waals surface area contributed by atoms with Crippen LogP contribution < -0.4 is 20.1 Å². The van der Waals surface area contributed by atoms with Gasteiger partial charge in [-0.2, -0.15) is 0 Å². The highest BCUT2D eigenvalue weighted by Crippen LogP contribution is 2.30. The Hall–Kier alpha value is -1.46. The summed E-state index contributed by atoms with van der Waals surface area (Å²) in [6, 6.07) is 5.35. The van der Waals surface area contributed by atoms with Gasteiger partial charge in [-0.1, -0.05) is 0 Å². The molecule has 0 aliphatic carbocycles. The van der Waals surface area contributed by atoms with Gasteiger partial charge in [0.15, 0.2) is 11.5 Å². The molecule has 1 saturated heterocycles. The second-order valence-electron chi connectivity index (χ2n) is 4.25. The molecule has 2 N–H and O–H groups in total. The molecule has 0 saturated carbocycles. The molecule has 1 unspecified atom stereocenters. The third-order valence-corrected chi connectivity index (χ3v) is 3.08. The highest BCUT2D eigenvalue weighted by Gasteiger charge is 2.22. The smallest absolute Gasteiger partial charge is 0.228 e. The number of halogens is 1. The Labute approximate surface area is 119 Å². The molecule has 1 aromatic rings. The van der Waals surface area contributed by atoms with E-state index in [9.17, 15) is 4.79 Å². The molecule has 19 heavy (non-hydrogen) atoms. The molecular weight excluding hydrogens is 268 g/mol. The number of amides is 1. The molecule has 1 amide bonds. The lowest BCUT2D eigenvalue weighted by molar-refractivity contribution is -0.119. The van der Waals surface area contributed by atoms with Gasteiger partial charge in [-0.25, -0.2) is 0 Å². The van der Waals surface area contributed by atoms with Crippen molar-refractivity contribution in [3.8, 4) is 11.5 Å². The predicted molar refractivity (Wildman–Crippen MR) is 76.4 cm³/mol. The number of nitrogens with one attached hydrogen (secondary N) is 2. The summed E-state index contributed by atoms with van der Waals surface area (Å²) in [5.74, 6) is 1.36. The lowest BCUT2D eigenvalue weighted by atomic mass is 10.1. The van der Waals surface area contributed by atoms with Gasteiger partial charge in [0.2, 0.25) is 5.91 Å². The minimum absolute atomic E-state index is 0. The molecule has 0 spiro atoms. The Kier molecular flexibility index (Phi) is 5.92. The van der Waals surface area contributed by atoms with Crippen molar-refractivity contribution in [2.45, 2.75) is 6.42 Å². The molecule has 0 bridgehead atoms. The summed E-state index contributed by atoms with van der Waals surface area (Å²) in [6.07, 6.45) is 0.888. The van der Waals surface area contributed by atoms with Crippen LogP contribution >= 0.6 is 12.4 Å². The number of rotatable bonds is 4. The van der Waals surface area contributed by atoms with Gasteiger partial charge in [0.1, 0.15) is 0 Å². The minimum Gasteiger partial charge on any atom is -0.493 e. The summed E-state index contributed by atoms with van der Waals surface area (Å²) < 4.78 is 10.3. The fourth-order valence-corrected chi connectivity index (χ4v) is 2.04. The Morgan fingerprint density at radius 1 is 1.32 bits per heavy atom. The maximum Gasteiger partial charge on any atom is 0.228 e. The van der Waals surface area contributed by atoms with Gasteiger partial charge in [-0.15, -0.1) is 12.4 Å². The predicted octanol–water partition coefficient (Wildman–Crippen LogP) is 1.67. The molecule has 0 aromatic heterocycles. The zero-order valence-electron chi connectivity index (χ0n) is 11.1. The van der Waals surface area contributed by atoms with Gasteiger partial charge in [0, 0.05) is 18.3 Å². The molecule has 1 aliphatic rings. The van der Waals surface area contributed by atoms with Gasteiger partial charge in [-0.05, 0) is 25.1 Å². The monoisotopic (exact) mass is 286 g/mol. The summed E-state index contributed by atoms with van der Waals surface area (Å²) in [5, 5.41) is 6.07. The molecule has 0 radical (unpaired) electrons. The van der Waals surface area contributed by atoms with Crippen LogP contribution in [0.4, 0.5) is 5.69 Å². The van der Waals surface area contributed by atoms with Crippen LogP contribution in [-0.4, -0.2) is 33.2 Å². The van der Waals surface area contributed by atoms with Gasteiger partial charge in [0.05, 0.1) is 20.1 Å². The fraction of sp³-hybridized carbons (Fsp3) is 0.462. The largest absolute Gasteiger partial charge is 0.493 e. The normalized spacial score (nSPS) is 17.5. The molecule has 106 valence electrons. The van der Waals surface area contributed by atoms with Crippen LogP contribution in [0.2, 0.25) is 0 Å². The maximum atomic E-state index is 11.9. The average molecular weight is 287 g/mol. The zero-order valence-corrected chi connectivity index (χ0v) is 11.9. The summed E-state index contributed by atoms with van der Waals surface area (Å²) in [5.41, 5.74) is 0.726. The Morgan fingerprint density at radius 2 is 2.05 bits per heavy atom. The van der Waals surface area contributed by atoms with E-state index < -0.39 is 0 Å². The van der Waals surface area contributed by atoms with Crippen LogP contribution in [0.1, 0.15) is 6.42 Å². The number of carbonyl (C=O) groups is 1. The highest BCUT2D eigenvalue weighted by atomic mass is 35.5. The first kappa shape index (κ1) is 15.6. The third-order valence-electron chi connectivity index (χ3n) is 3.08. The highest BCUT2D eigenvalue weighted by molar-refractivity contribution is 5.93. The first-order valence-corrected chi connectivity index (χ1v) is 5.98. The van der Waals surface area contributed by atoms with Crippen molar-refractivity contribution >= 4 is 24.0 Å². The number of ether oxygens (including phenoxy) is 2. The van der Waals surface area contributed by atoms with E-state index in [0.717, 1.165) is 25.2 Å². The Morgan fingerprint density at radius 3 is 2.63 bits per heavy atom. The van der Waals surface area contributed by atoms with Gasteiger partial charge in [0.25, 0.3) is 0 Å². The van der Waals surface area contributed by atoms with Crippen molar-refractivity contribution in [2.75, 3.05) is 32.6 Å². The van der Waals surface area contributed by atoms with Crippen LogP contribution in [0.3, 0.4) is 0 Å². The van der Waals surface area contributed by atoms with Crippen LogP contribution in [0.15, 0.2) is 18.2 Å². The molecular formula is C13H19ClN2O3. The molecule has 1 fully saturated rings.